The van der Waals surface area contributed by atoms with Crippen LogP contribution in [0.25, 0.3) is 0 Å². The number of piperidine rings is 4. The highest BCUT2D eigenvalue weighted by atomic mass is 35.5. The number of nitrogen functional groups attached to an aromatic ring is 1. The lowest BCUT2D eigenvalue weighted by Gasteiger charge is -2.33. The van der Waals surface area contributed by atoms with Gasteiger partial charge in [-0.25, -0.2) is 19.0 Å². The number of carbonyl (C=O) groups is 3. The maximum absolute atomic E-state index is 12.6. The molecule has 576 valence electrons. The van der Waals surface area contributed by atoms with Crippen molar-refractivity contribution in [2.45, 2.75) is 160 Å². The average Bonchev–Trinajstić information content (AvgIpc) is 0.857. The van der Waals surface area contributed by atoms with Crippen LogP contribution < -0.4 is 36.4 Å². The summed E-state index contributed by atoms with van der Waals surface area (Å²) in [7, 11) is 3.08. The van der Waals surface area contributed by atoms with E-state index in [-0.39, 0.29) is 78.2 Å². The highest BCUT2D eigenvalue weighted by Crippen LogP contribution is 2.35. The Balaban J connectivity index is 0.000000274. The minimum atomic E-state index is -4.37. The van der Waals surface area contributed by atoms with E-state index in [2.05, 4.69) is 15.5 Å². The minimum absolute atomic E-state index is 0. The molecule has 0 spiro atoms. The number of aromatic nitrogens is 4. The van der Waals surface area contributed by atoms with Gasteiger partial charge < -0.3 is 59.6 Å². The van der Waals surface area contributed by atoms with Crippen LogP contribution in [0.2, 0.25) is 0 Å². The molecule has 0 atom stereocenters. The molecule has 21 nitrogen and oxygen atoms in total. The van der Waals surface area contributed by atoms with Crippen molar-refractivity contribution in [1.29, 1.82) is 0 Å². The summed E-state index contributed by atoms with van der Waals surface area (Å²) in [6, 6.07) is 23.6. The van der Waals surface area contributed by atoms with Crippen molar-refractivity contribution in [3.8, 4) is 23.0 Å². The number of ether oxygens (including phenoxy) is 5. The van der Waals surface area contributed by atoms with Crippen molar-refractivity contribution >= 4 is 36.3 Å². The largest absolute Gasteiger partial charge is 0.508 e. The number of hydrogen-bond donors (Lipinski definition) is 4. The van der Waals surface area contributed by atoms with Gasteiger partial charge in [-0.05, 0) is 190 Å². The van der Waals surface area contributed by atoms with E-state index in [9.17, 15) is 81.8 Å². The van der Waals surface area contributed by atoms with Crippen molar-refractivity contribution in [1.82, 2.24) is 39.6 Å². The summed E-state index contributed by atoms with van der Waals surface area (Å²) >= 11 is 0. The Bertz CT molecular complexity index is 3710. The number of nitrogens with two attached hydrogens (primary N) is 1. The molecule has 0 saturated carbocycles. The second-order valence-electron chi connectivity index (χ2n) is 26.0. The third kappa shape index (κ3) is 31.9. The number of aryl methyl sites for hydroxylation is 2. The SMILES string of the molecule is CC(C)(C)OC(=O)N1CCC(O)CC1.CC(C)(C)OC(=O)N1CCC(Oc2ccc(C(F)(F)F)cc2)CC1.Cl.Cn1nc(CC(=O)N2CCC(Oc3ccc(C(F)(F)F)cc3)CC2)ccc1=O.Cn1nc(N)ccc1=O.FC(F)(F)c1ccc(OC2CCNCC2)cc1.Oc1ccc(C(F)(F)F)cc1. The van der Waals surface area contributed by atoms with Crippen LogP contribution in [0.5, 0.6) is 23.0 Å². The molecule has 0 bridgehead atoms. The summed E-state index contributed by atoms with van der Waals surface area (Å²) in [6.45, 7) is 16.0. The van der Waals surface area contributed by atoms with E-state index >= 15 is 0 Å². The summed E-state index contributed by atoms with van der Waals surface area (Å²) in [5.41, 5.74) is 1.61. The molecule has 10 rings (SSSR count). The third-order valence-electron chi connectivity index (χ3n) is 15.3. The zero-order chi connectivity index (χ0) is 76.7. The number of anilines is 1. The molecule has 4 aromatic carbocycles. The van der Waals surface area contributed by atoms with Crippen molar-refractivity contribution < 1.29 is 101 Å². The number of alkyl halides is 12. The number of likely N-dealkylation sites (tertiary alicyclic amines) is 3. The Hall–Kier alpha value is -8.98. The molecule has 0 aliphatic carbocycles. The zero-order valence-electron chi connectivity index (χ0n) is 58.5. The van der Waals surface area contributed by atoms with Gasteiger partial charge in [-0.15, -0.1) is 12.4 Å². The van der Waals surface area contributed by atoms with Crippen molar-refractivity contribution in [3.63, 3.8) is 0 Å². The van der Waals surface area contributed by atoms with Gasteiger partial charge in [0.15, 0.2) is 0 Å². The Morgan fingerprint density at radius 2 is 0.769 bits per heavy atom. The minimum Gasteiger partial charge on any atom is -0.508 e. The molecule has 0 unspecified atom stereocenters. The Morgan fingerprint density at radius 1 is 0.462 bits per heavy atom. The lowest BCUT2D eigenvalue weighted by molar-refractivity contribution is -0.138. The van der Waals surface area contributed by atoms with Crippen molar-refractivity contribution in [3.05, 3.63) is 170 Å². The normalized spacial score (nSPS) is 15.7. The van der Waals surface area contributed by atoms with Crippen LogP contribution >= 0.6 is 12.4 Å². The number of hydrogen-bond acceptors (Lipinski definition) is 16. The molecule has 5 N–H and O–H groups in total. The van der Waals surface area contributed by atoms with Crippen LogP contribution in [-0.4, -0.2) is 151 Å². The van der Waals surface area contributed by atoms with Gasteiger partial charge in [0, 0.05) is 91.2 Å². The number of amides is 3. The number of rotatable bonds is 8. The van der Waals surface area contributed by atoms with Crippen LogP contribution in [0.1, 0.15) is 121 Å². The lowest BCUT2D eigenvalue weighted by atomic mass is 10.1. The molecule has 4 aliphatic rings. The number of nitrogens with zero attached hydrogens (tertiary/aromatic N) is 7. The second kappa shape index (κ2) is 39.2. The Morgan fingerprint density at radius 3 is 1.09 bits per heavy atom. The fraction of sp³-hybridized carbons (Fsp3) is 0.500. The molecule has 34 heteroatoms. The maximum atomic E-state index is 12.6. The number of phenols is 1. The van der Waals surface area contributed by atoms with E-state index in [4.69, 9.17) is 34.5 Å². The first kappa shape index (κ1) is 87.4. The van der Waals surface area contributed by atoms with E-state index in [0.717, 1.165) is 86.6 Å². The van der Waals surface area contributed by atoms with Gasteiger partial charge in [-0.3, -0.25) is 14.4 Å². The smallest absolute Gasteiger partial charge is 0.416 e. The van der Waals surface area contributed by atoms with E-state index in [1.807, 2.05) is 41.5 Å². The molecular formula is C70H88ClF12N9O12. The quantitative estimate of drug-likeness (QED) is 0.103. The molecular weight excluding hydrogens is 1420 g/mol. The summed E-state index contributed by atoms with van der Waals surface area (Å²) in [6.07, 6.45) is -12.8. The van der Waals surface area contributed by atoms with E-state index < -0.39 is 58.2 Å². The predicted octanol–water partition coefficient (Wildman–Crippen LogP) is 13.3. The summed E-state index contributed by atoms with van der Waals surface area (Å²) in [5, 5.41) is 28.8. The predicted molar refractivity (Wildman–Crippen MR) is 363 cm³/mol. The molecule has 2 aromatic heterocycles. The third-order valence-corrected chi connectivity index (χ3v) is 15.3. The van der Waals surface area contributed by atoms with E-state index in [1.165, 1.54) is 71.0 Å². The summed E-state index contributed by atoms with van der Waals surface area (Å²) < 4.78 is 178. The van der Waals surface area contributed by atoms with Crippen LogP contribution in [0.3, 0.4) is 0 Å². The van der Waals surface area contributed by atoms with Gasteiger partial charge in [0.05, 0.1) is 40.5 Å². The fourth-order valence-electron chi connectivity index (χ4n) is 9.82. The van der Waals surface area contributed by atoms with E-state index in [1.54, 1.807) is 27.8 Å². The van der Waals surface area contributed by atoms with Gasteiger partial charge in [0.25, 0.3) is 11.1 Å². The van der Waals surface area contributed by atoms with Gasteiger partial charge >= 0.3 is 36.9 Å². The number of carbonyl (C=O) groups excluding carboxylic acids is 3. The van der Waals surface area contributed by atoms with Crippen LogP contribution in [0.15, 0.2) is 131 Å². The Kier molecular flexibility index (Phi) is 33.0. The number of aliphatic hydroxyl groups excluding tert-OH is 1. The highest BCUT2D eigenvalue weighted by molar-refractivity contribution is 5.85. The fourth-order valence-corrected chi connectivity index (χ4v) is 9.82. The number of benzene rings is 4. The topological polar surface area (TPSA) is 255 Å². The maximum Gasteiger partial charge on any atom is 0.416 e. The monoisotopic (exact) mass is 1510 g/mol. The molecule has 3 amide bonds. The summed E-state index contributed by atoms with van der Waals surface area (Å²) in [4.78, 5) is 62.9. The van der Waals surface area contributed by atoms with Crippen molar-refractivity contribution in [2.24, 2.45) is 14.1 Å². The number of halogens is 13. The number of aliphatic hydroxyl groups is 1. The highest BCUT2D eigenvalue weighted by Gasteiger charge is 2.35. The standard InChI is InChI=1S/C19H20F3N3O3.C17H22F3NO3.C12H14F3NO.C10H19NO3.C7H5F3O.C5H7N3O.ClH/c1-24-17(26)7-4-14(23-24)12-18(27)25-10-8-16(9-11-25)28-15-5-2-13(3-6-15)19(20,21)22;1-16(2,3)24-15(22)21-10-8-14(9-11-21)23-13-6-4-12(5-7-13)17(18,19)20;13-12(14,15)9-1-3-10(4-2-9)17-11-5-7-16-8-6-11;1-10(2,3)14-9(13)11-6-4-8(12)5-7-11;8-7(9,10)5-1-3-6(11)4-2-5;1-8-5(9)3-2-4(6)7-8;/h2-7,16H,8-12H2,1H3;4-7,14H,8-11H2,1-3H3;1-4,11,16H,5-8H2;8,12H,4-7H2,1-3H3;1-4,11H;2-3H,1H3,(H2,6,7);1H. The molecule has 4 saturated heterocycles. The first-order valence-corrected chi connectivity index (χ1v) is 32.7. The van der Waals surface area contributed by atoms with Crippen LogP contribution in [0.4, 0.5) is 68.1 Å². The first-order valence-electron chi connectivity index (χ1n) is 32.7. The van der Waals surface area contributed by atoms with Crippen molar-refractivity contribution in [2.75, 3.05) is 58.1 Å². The second-order valence-corrected chi connectivity index (χ2v) is 26.0. The van der Waals surface area contributed by atoms with Crippen LogP contribution in [0, 0.1) is 0 Å². The number of phenolic OH excluding ortho intramolecular Hbond substituents is 1. The van der Waals surface area contributed by atoms with Gasteiger partial charge in [0.2, 0.25) is 5.91 Å². The lowest BCUT2D eigenvalue weighted by Crippen LogP contribution is -2.44. The molecule has 0 radical (unpaired) electrons. The molecule has 104 heavy (non-hydrogen) atoms. The average molecular weight is 1510 g/mol. The zero-order valence-corrected chi connectivity index (χ0v) is 59.3. The molecule has 4 aliphatic heterocycles. The molecule has 4 fully saturated rings. The first-order chi connectivity index (χ1) is 47.9. The number of nitrogens with one attached hydrogen (secondary N) is 1. The van der Waals surface area contributed by atoms with E-state index in [0.29, 0.717) is 107 Å². The van der Waals surface area contributed by atoms with Crippen LogP contribution in [-0.2, 0) is 59.5 Å². The number of aromatic hydroxyl groups is 1. The van der Waals surface area contributed by atoms with Gasteiger partial charge in [-0.2, -0.15) is 62.9 Å². The molecule has 6 aromatic rings. The molecule has 6 heterocycles. The summed E-state index contributed by atoms with van der Waals surface area (Å²) in [5.74, 6) is 1.39. The van der Waals surface area contributed by atoms with Gasteiger partial charge in [-0.1, -0.05) is 0 Å². The Labute approximate surface area is 599 Å². The van der Waals surface area contributed by atoms with Gasteiger partial charge in [0.1, 0.15) is 58.3 Å².